The van der Waals surface area contributed by atoms with Crippen LogP contribution in [0.3, 0.4) is 0 Å². The molecule has 4 nitrogen and oxygen atoms in total. The van der Waals surface area contributed by atoms with Gasteiger partial charge in [0.25, 0.3) is 0 Å². The van der Waals surface area contributed by atoms with Crippen molar-refractivity contribution in [2.24, 2.45) is 0 Å². The topological polar surface area (TPSA) is 44.8 Å². The van der Waals surface area contributed by atoms with E-state index in [1.807, 2.05) is 19.9 Å². The Kier molecular flexibility index (Phi) is 6.35. The zero-order chi connectivity index (χ0) is 13.4. The highest BCUT2D eigenvalue weighted by atomic mass is 28.3. The Bertz CT molecular complexity index is 400. The predicted octanol–water partition coefficient (Wildman–Crippen LogP) is 2.54. The summed E-state index contributed by atoms with van der Waals surface area (Å²) in [6, 6.07) is 7.11. The van der Waals surface area contributed by atoms with Gasteiger partial charge in [-0.3, -0.25) is 0 Å². The van der Waals surface area contributed by atoms with Gasteiger partial charge in [-0.15, -0.1) is 0 Å². The van der Waals surface area contributed by atoms with E-state index in [9.17, 15) is 4.79 Å². The smallest absolute Gasteiger partial charge is 0.467 e. The maximum absolute atomic E-state index is 12.0. The molecule has 1 radical (unpaired) electrons. The lowest BCUT2D eigenvalue weighted by atomic mass is 10.1. The first-order chi connectivity index (χ1) is 8.72. The van der Waals surface area contributed by atoms with Gasteiger partial charge in [0, 0.05) is 13.2 Å². The number of hydrogen-bond acceptors (Lipinski definition) is 4. The molecule has 1 rings (SSSR count). The van der Waals surface area contributed by atoms with Crippen molar-refractivity contribution >= 4 is 21.6 Å². The van der Waals surface area contributed by atoms with Crippen molar-refractivity contribution in [1.82, 2.24) is 0 Å². The van der Waals surface area contributed by atoms with E-state index in [-0.39, 0.29) is 0 Å². The van der Waals surface area contributed by atoms with Crippen molar-refractivity contribution in [1.29, 1.82) is 0 Å². The molecule has 0 N–H and O–H groups in total. The van der Waals surface area contributed by atoms with Crippen LogP contribution in [0.1, 0.15) is 29.8 Å². The van der Waals surface area contributed by atoms with Crippen LogP contribution in [0.5, 0.6) is 0 Å². The van der Waals surface area contributed by atoms with Crippen molar-refractivity contribution in [2.75, 3.05) is 13.2 Å². The van der Waals surface area contributed by atoms with Gasteiger partial charge >= 0.3 is 15.5 Å². The molecule has 0 amide bonds. The summed E-state index contributed by atoms with van der Waals surface area (Å²) in [5.74, 6) is -0.443. The number of carbonyl (C=O) groups excluding carboxylic acids is 1. The van der Waals surface area contributed by atoms with Crippen LogP contribution in [0.2, 0.25) is 0 Å². The van der Waals surface area contributed by atoms with E-state index in [1.165, 1.54) is 0 Å². The van der Waals surface area contributed by atoms with E-state index in [1.54, 1.807) is 24.3 Å². The zero-order valence-electron chi connectivity index (χ0n) is 10.6. The average Bonchev–Trinajstić information content (AvgIpc) is 2.39. The van der Waals surface area contributed by atoms with Gasteiger partial charge in [-0.2, -0.15) is 0 Å². The third kappa shape index (κ3) is 4.10. The third-order valence-electron chi connectivity index (χ3n) is 2.10. The van der Waals surface area contributed by atoms with Crippen molar-refractivity contribution in [3.05, 3.63) is 42.0 Å². The molecule has 1 aromatic rings. The lowest BCUT2D eigenvalue weighted by Crippen LogP contribution is -2.30. The predicted molar refractivity (Wildman–Crippen MR) is 71.0 cm³/mol. The molecular formula is C13H17O4Si. The summed E-state index contributed by atoms with van der Waals surface area (Å²) >= 11 is 0. The van der Waals surface area contributed by atoms with Crippen LogP contribution in [-0.2, 0) is 13.3 Å². The molecule has 5 heteroatoms. The Labute approximate surface area is 109 Å². The van der Waals surface area contributed by atoms with Gasteiger partial charge in [0.15, 0.2) is 0 Å². The fourth-order valence-electron chi connectivity index (χ4n) is 1.33. The summed E-state index contributed by atoms with van der Waals surface area (Å²) < 4.78 is 15.7. The molecule has 0 atom stereocenters. The van der Waals surface area contributed by atoms with Gasteiger partial charge in [-0.25, -0.2) is 4.79 Å². The second-order valence-electron chi connectivity index (χ2n) is 3.30. The minimum atomic E-state index is -2.00. The molecule has 18 heavy (non-hydrogen) atoms. The van der Waals surface area contributed by atoms with Crippen LogP contribution in [0.15, 0.2) is 30.8 Å². The van der Waals surface area contributed by atoms with Crippen LogP contribution in [0.25, 0.3) is 6.08 Å². The average molecular weight is 265 g/mol. The Morgan fingerprint density at radius 2 is 1.89 bits per heavy atom. The van der Waals surface area contributed by atoms with E-state index in [0.29, 0.717) is 18.8 Å². The van der Waals surface area contributed by atoms with Crippen LogP contribution >= 0.6 is 0 Å². The fourth-order valence-corrected chi connectivity index (χ4v) is 2.26. The largest absolute Gasteiger partial charge is 0.658 e. The number of benzene rings is 1. The lowest BCUT2D eigenvalue weighted by molar-refractivity contribution is 0.0544. The van der Waals surface area contributed by atoms with Crippen molar-refractivity contribution < 1.29 is 18.1 Å². The van der Waals surface area contributed by atoms with E-state index >= 15 is 0 Å². The standard InChI is InChI=1S/C13H17O4Si/c1-4-11-9-7-8-10-12(11)13(14)17-18(15-5-2)16-6-3/h4,7-10H,1,5-6H2,2-3H3. The van der Waals surface area contributed by atoms with Gasteiger partial charge in [0.1, 0.15) is 0 Å². The summed E-state index contributed by atoms with van der Waals surface area (Å²) in [7, 11) is -2.00. The molecule has 0 aliphatic carbocycles. The molecule has 0 unspecified atom stereocenters. The molecule has 0 spiro atoms. The highest BCUT2D eigenvalue weighted by molar-refractivity contribution is 6.40. The Morgan fingerprint density at radius 1 is 1.28 bits per heavy atom. The van der Waals surface area contributed by atoms with Gasteiger partial charge in [-0.1, -0.05) is 30.9 Å². The third-order valence-corrected chi connectivity index (χ3v) is 3.50. The highest BCUT2D eigenvalue weighted by Crippen LogP contribution is 2.12. The van der Waals surface area contributed by atoms with E-state index < -0.39 is 15.5 Å². The lowest BCUT2D eigenvalue weighted by Gasteiger charge is -2.13. The van der Waals surface area contributed by atoms with Crippen molar-refractivity contribution in [3.8, 4) is 0 Å². The quantitative estimate of drug-likeness (QED) is 0.711. The summed E-state index contributed by atoms with van der Waals surface area (Å²) in [5.41, 5.74) is 1.20. The molecule has 0 heterocycles. The number of hydrogen-bond donors (Lipinski definition) is 0. The van der Waals surface area contributed by atoms with E-state index in [0.717, 1.165) is 5.56 Å². The molecule has 0 aliphatic rings. The molecule has 0 aliphatic heterocycles. The van der Waals surface area contributed by atoms with Crippen molar-refractivity contribution in [2.45, 2.75) is 13.8 Å². The van der Waals surface area contributed by atoms with Crippen LogP contribution in [0, 0.1) is 0 Å². The zero-order valence-corrected chi connectivity index (χ0v) is 11.6. The van der Waals surface area contributed by atoms with Gasteiger partial charge < -0.3 is 13.3 Å². The van der Waals surface area contributed by atoms with Crippen LogP contribution < -0.4 is 0 Å². The summed E-state index contributed by atoms with van der Waals surface area (Å²) in [4.78, 5) is 12.0. The molecule has 1 aromatic carbocycles. The molecule has 97 valence electrons. The highest BCUT2D eigenvalue weighted by Gasteiger charge is 2.25. The van der Waals surface area contributed by atoms with Gasteiger partial charge in [0.05, 0.1) is 5.56 Å². The maximum atomic E-state index is 12.0. The summed E-state index contributed by atoms with van der Waals surface area (Å²) in [6.07, 6.45) is 1.62. The Hall–Kier alpha value is -1.43. The number of carbonyl (C=O) groups is 1. The molecule has 0 saturated carbocycles. The van der Waals surface area contributed by atoms with Gasteiger partial charge in [0.2, 0.25) is 0 Å². The minimum absolute atomic E-state index is 0.443. The first-order valence-corrected chi connectivity index (χ1v) is 7.01. The Balaban J connectivity index is 2.76. The van der Waals surface area contributed by atoms with E-state index in [4.69, 9.17) is 13.3 Å². The van der Waals surface area contributed by atoms with Crippen LogP contribution in [0.4, 0.5) is 0 Å². The Morgan fingerprint density at radius 3 is 2.44 bits per heavy atom. The molecule has 0 aromatic heterocycles. The molecule has 0 fully saturated rings. The number of rotatable bonds is 7. The summed E-state index contributed by atoms with van der Waals surface area (Å²) in [6.45, 7) is 8.22. The second kappa shape index (κ2) is 7.81. The van der Waals surface area contributed by atoms with Gasteiger partial charge in [-0.05, 0) is 25.5 Å². The fraction of sp³-hybridized carbons (Fsp3) is 0.308. The maximum Gasteiger partial charge on any atom is 0.658 e. The SMILES string of the molecule is C=Cc1ccccc1C(=O)O[Si](OCC)OCC. The summed E-state index contributed by atoms with van der Waals surface area (Å²) in [5, 5.41) is 0. The van der Waals surface area contributed by atoms with E-state index in [2.05, 4.69) is 6.58 Å². The second-order valence-corrected chi connectivity index (χ2v) is 4.58. The molecular weight excluding hydrogens is 248 g/mol. The van der Waals surface area contributed by atoms with Crippen molar-refractivity contribution in [3.63, 3.8) is 0 Å². The minimum Gasteiger partial charge on any atom is -0.467 e. The van der Waals surface area contributed by atoms with Crippen LogP contribution in [-0.4, -0.2) is 28.7 Å². The molecule has 0 bridgehead atoms. The normalized spacial score (nSPS) is 10.4. The first-order valence-electron chi connectivity index (χ1n) is 5.79. The first kappa shape index (κ1) is 14.6. The monoisotopic (exact) mass is 265 g/mol. The molecule has 0 saturated heterocycles.